The molecule has 27 heavy (non-hydrogen) atoms. The summed E-state index contributed by atoms with van der Waals surface area (Å²) in [6, 6.07) is 10.6. The Kier molecular flexibility index (Phi) is 4.99. The van der Waals surface area contributed by atoms with Crippen molar-refractivity contribution in [1.82, 2.24) is 14.8 Å². The highest BCUT2D eigenvalue weighted by atomic mass is 16.5. The molecule has 2 aliphatic rings. The SMILES string of the molecule is COc1c[nH]c(C(=O)N2CCN(C3CCc4ccccc4C3)CC2)cc1=O. The predicted octanol–water partition coefficient (Wildman–Crippen LogP) is 1.70. The molecule has 1 saturated heterocycles. The summed E-state index contributed by atoms with van der Waals surface area (Å²) in [5, 5.41) is 0. The fourth-order valence-electron chi connectivity index (χ4n) is 4.19. The highest BCUT2D eigenvalue weighted by molar-refractivity contribution is 5.92. The predicted molar refractivity (Wildman–Crippen MR) is 103 cm³/mol. The van der Waals surface area contributed by atoms with Crippen LogP contribution in [0.1, 0.15) is 28.0 Å². The summed E-state index contributed by atoms with van der Waals surface area (Å²) in [6.07, 6.45) is 4.85. The van der Waals surface area contributed by atoms with Crippen molar-refractivity contribution in [3.8, 4) is 5.75 Å². The van der Waals surface area contributed by atoms with Crippen LogP contribution >= 0.6 is 0 Å². The van der Waals surface area contributed by atoms with Crippen molar-refractivity contribution in [3.63, 3.8) is 0 Å². The highest BCUT2D eigenvalue weighted by Crippen LogP contribution is 2.25. The number of piperazine rings is 1. The van der Waals surface area contributed by atoms with E-state index in [0.29, 0.717) is 24.8 Å². The van der Waals surface area contributed by atoms with Gasteiger partial charge in [0, 0.05) is 44.5 Å². The zero-order valence-corrected chi connectivity index (χ0v) is 15.6. The first-order valence-electron chi connectivity index (χ1n) is 9.52. The molecule has 1 unspecified atom stereocenters. The van der Waals surface area contributed by atoms with Crippen molar-refractivity contribution in [1.29, 1.82) is 0 Å². The number of amides is 1. The molecule has 4 rings (SSSR count). The molecule has 0 spiro atoms. The van der Waals surface area contributed by atoms with Crippen molar-refractivity contribution in [3.05, 3.63) is 63.6 Å². The van der Waals surface area contributed by atoms with Crippen LogP contribution in [0.3, 0.4) is 0 Å². The topological polar surface area (TPSA) is 65.6 Å². The zero-order chi connectivity index (χ0) is 18.8. The van der Waals surface area contributed by atoms with Crippen LogP contribution in [0.2, 0.25) is 0 Å². The van der Waals surface area contributed by atoms with Crippen LogP contribution in [-0.2, 0) is 12.8 Å². The van der Waals surface area contributed by atoms with E-state index in [2.05, 4.69) is 34.1 Å². The second kappa shape index (κ2) is 7.56. The third-order valence-electron chi connectivity index (χ3n) is 5.77. The lowest BCUT2D eigenvalue weighted by molar-refractivity contribution is 0.0547. The van der Waals surface area contributed by atoms with E-state index in [-0.39, 0.29) is 17.1 Å². The number of fused-ring (bicyclic) bond motifs is 1. The van der Waals surface area contributed by atoms with E-state index in [1.54, 1.807) is 0 Å². The van der Waals surface area contributed by atoms with Gasteiger partial charge in [-0.1, -0.05) is 24.3 Å². The van der Waals surface area contributed by atoms with Crippen LogP contribution in [0.4, 0.5) is 0 Å². The summed E-state index contributed by atoms with van der Waals surface area (Å²) in [6.45, 7) is 3.12. The molecular weight excluding hydrogens is 342 g/mol. The smallest absolute Gasteiger partial charge is 0.270 e. The molecule has 1 aromatic carbocycles. The van der Waals surface area contributed by atoms with Crippen LogP contribution < -0.4 is 10.2 Å². The number of carbonyl (C=O) groups is 1. The lowest BCUT2D eigenvalue weighted by Crippen LogP contribution is -2.53. The van der Waals surface area contributed by atoms with Gasteiger partial charge in [0.1, 0.15) is 5.69 Å². The number of hydrogen-bond donors (Lipinski definition) is 1. The summed E-state index contributed by atoms with van der Waals surface area (Å²) in [5.74, 6) is 0.0948. The summed E-state index contributed by atoms with van der Waals surface area (Å²) in [4.78, 5) is 31.8. The van der Waals surface area contributed by atoms with Gasteiger partial charge in [-0.25, -0.2) is 0 Å². The number of carbonyl (C=O) groups excluding carboxylic acids is 1. The molecule has 142 valence electrons. The number of aryl methyl sites for hydroxylation is 1. The van der Waals surface area contributed by atoms with Gasteiger partial charge in [-0.2, -0.15) is 0 Å². The Morgan fingerprint density at radius 2 is 1.89 bits per heavy atom. The quantitative estimate of drug-likeness (QED) is 0.897. The molecule has 1 atom stereocenters. The van der Waals surface area contributed by atoms with Crippen molar-refractivity contribution in [2.45, 2.75) is 25.3 Å². The van der Waals surface area contributed by atoms with Crippen LogP contribution in [0.5, 0.6) is 5.75 Å². The minimum absolute atomic E-state index is 0.122. The van der Waals surface area contributed by atoms with E-state index in [0.717, 1.165) is 25.9 Å². The lowest BCUT2D eigenvalue weighted by atomic mass is 9.87. The molecule has 0 saturated carbocycles. The van der Waals surface area contributed by atoms with Gasteiger partial charge >= 0.3 is 0 Å². The Bertz CT molecular complexity index is 884. The number of nitrogens with zero attached hydrogens (tertiary/aromatic N) is 2. The summed E-state index contributed by atoms with van der Waals surface area (Å²) in [5.41, 5.74) is 2.98. The summed E-state index contributed by atoms with van der Waals surface area (Å²) in [7, 11) is 1.44. The minimum atomic E-state index is -0.279. The van der Waals surface area contributed by atoms with Crippen LogP contribution in [0, 0.1) is 0 Å². The maximum atomic E-state index is 12.7. The van der Waals surface area contributed by atoms with Gasteiger partial charge in [0.05, 0.1) is 7.11 Å². The van der Waals surface area contributed by atoms with E-state index >= 15 is 0 Å². The lowest BCUT2D eigenvalue weighted by Gasteiger charge is -2.41. The number of ether oxygens (including phenoxy) is 1. The number of methoxy groups -OCH3 is 1. The van der Waals surface area contributed by atoms with Gasteiger partial charge in [0.25, 0.3) is 5.91 Å². The van der Waals surface area contributed by atoms with Gasteiger partial charge in [-0.05, 0) is 30.4 Å². The van der Waals surface area contributed by atoms with Crippen LogP contribution in [0.25, 0.3) is 0 Å². The number of nitrogens with one attached hydrogen (secondary N) is 1. The number of benzene rings is 1. The Morgan fingerprint density at radius 1 is 1.15 bits per heavy atom. The number of aromatic nitrogens is 1. The Hall–Kier alpha value is -2.60. The van der Waals surface area contributed by atoms with Gasteiger partial charge in [0.15, 0.2) is 5.75 Å². The van der Waals surface area contributed by atoms with E-state index in [9.17, 15) is 9.59 Å². The number of rotatable bonds is 3. The second-order valence-corrected chi connectivity index (χ2v) is 7.27. The standard InChI is InChI=1S/C21H25N3O3/c1-27-20-14-22-18(13-19(20)25)21(26)24-10-8-23(9-11-24)17-7-6-15-4-2-3-5-16(15)12-17/h2-5,13-14,17H,6-12H2,1H3,(H,22,25). The van der Waals surface area contributed by atoms with Crippen molar-refractivity contribution >= 4 is 5.91 Å². The first kappa shape index (κ1) is 17.8. The highest BCUT2D eigenvalue weighted by Gasteiger charge is 2.29. The third kappa shape index (κ3) is 3.62. The monoisotopic (exact) mass is 367 g/mol. The fraction of sp³-hybridized carbons (Fsp3) is 0.429. The molecule has 0 radical (unpaired) electrons. The molecule has 1 aliphatic heterocycles. The normalized spacial score (nSPS) is 20.2. The molecule has 2 heterocycles. The molecule has 1 amide bonds. The first-order valence-corrected chi connectivity index (χ1v) is 9.52. The molecule has 2 aromatic rings. The Labute approximate surface area is 158 Å². The van der Waals surface area contributed by atoms with E-state index < -0.39 is 0 Å². The van der Waals surface area contributed by atoms with Crippen molar-refractivity contribution in [2.75, 3.05) is 33.3 Å². The molecule has 6 heteroatoms. The van der Waals surface area contributed by atoms with Gasteiger partial charge in [-0.15, -0.1) is 0 Å². The number of H-pyrrole nitrogens is 1. The fourth-order valence-corrected chi connectivity index (χ4v) is 4.19. The third-order valence-corrected chi connectivity index (χ3v) is 5.77. The average Bonchev–Trinajstić information content (AvgIpc) is 2.73. The van der Waals surface area contributed by atoms with Gasteiger partial charge in [0.2, 0.25) is 5.43 Å². The number of pyridine rings is 1. The Balaban J connectivity index is 1.37. The molecule has 1 N–H and O–H groups in total. The van der Waals surface area contributed by atoms with Crippen LogP contribution in [0.15, 0.2) is 41.3 Å². The maximum absolute atomic E-state index is 12.7. The van der Waals surface area contributed by atoms with Crippen LogP contribution in [-0.4, -0.2) is 60.0 Å². The molecule has 1 aliphatic carbocycles. The number of hydrogen-bond acceptors (Lipinski definition) is 4. The number of aromatic amines is 1. The van der Waals surface area contributed by atoms with Crippen molar-refractivity contribution in [2.24, 2.45) is 0 Å². The second-order valence-electron chi connectivity index (χ2n) is 7.27. The maximum Gasteiger partial charge on any atom is 0.270 e. The van der Waals surface area contributed by atoms with Crippen molar-refractivity contribution < 1.29 is 9.53 Å². The Morgan fingerprint density at radius 3 is 2.59 bits per heavy atom. The molecule has 6 nitrogen and oxygen atoms in total. The summed E-state index contributed by atoms with van der Waals surface area (Å²) >= 11 is 0. The average molecular weight is 367 g/mol. The molecule has 1 aromatic heterocycles. The zero-order valence-electron chi connectivity index (χ0n) is 15.6. The molecule has 1 fully saturated rings. The molecular formula is C21H25N3O3. The minimum Gasteiger partial charge on any atom is -0.491 e. The largest absolute Gasteiger partial charge is 0.491 e. The van der Waals surface area contributed by atoms with E-state index in [1.165, 1.54) is 36.9 Å². The molecule has 0 bridgehead atoms. The van der Waals surface area contributed by atoms with Gasteiger partial charge < -0.3 is 14.6 Å². The van der Waals surface area contributed by atoms with Gasteiger partial charge in [-0.3, -0.25) is 14.5 Å². The van der Waals surface area contributed by atoms with E-state index in [1.807, 2.05) is 4.90 Å². The first-order chi connectivity index (χ1) is 13.2. The summed E-state index contributed by atoms with van der Waals surface area (Å²) < 4.78 is 4.96. The van der Waals surface area contributed by atoms with E-state index in [4.69, 9.17) is 4.74 Å².